The van der Waals surface area contributed by atoms with Crippen molar-refractivity contribution in [1.29, 1.82) is 0 Å². The number of halogens is 2. The number of hydrogen-bond acceptors (Lipinski definition) is 3. The third-order valence-corrected chi connectivity index (χ3v) is 2.80. The van der Waals surface area contributed by atoms with Gasteiger partial charge in [0.05, 0.1) is 0 Å². The molecule has 0 saturated carbocycles. The van der Waals surface area contributed by atoms with Crippen molar-refractivity contribution in [3.8, 4) is 0 Å². The van der Waals surface area contributed by atoms with E-state index in [0.29, 0.717) is 6.54 Å². The molecular formula is C13H15Cl2NO3. The summed E-state index contributed by atoms with van der Waals surface area (Å²) >= 11 is 11.1. The average molecular weight is 304 g/mol. The largest absolute Gasteiger partial charge is 0.438 e. The first-order valence-corrected chi connectivity index (χ1v) is 6.72. The number of carbonyl (C=O) groups is 2. The molecule has 1 aromatic rings. The molecule has 1 N–H and O–H groups in total. The zero-order valence-electron chi connectivity index (χ0n) is 10.4. The summed E-state index contributed by atoms with van der Waals surface area (Å²) < 4.78 is 5.05. The van der Waals surface area contributed by atoms with Crippen molar-refractivity contribution < 1.29 is 14.3 Å². The van der Waals surface area contributed by atoms with E-state index in [1.807, 2.05) is 30.3 Å². The van der Waals surface area contributed by atoms with Gasteiger partial charge in [0.25, 0.3) is 0 Å². The van der Waals surface area contributed by atoms with Gasteiger partial charge in [-0.3, -0.25) is 4.79 Å². The fourth-order valence-corrected chi connectivity index (χ4v) is 1.77. The van der Waals surface area contributed by atoms with Crippen LogP contribution in [0.2, 0.25) is 0 Å². The number of nitrogens with one attached hydrogen (secondary N) is 1. The lowest BCUT2D eigenvalue weighted by atomic mass is 10.1. The summed E-state index contributed by atoms with van der Waals surface area (Å²) in [6, 6.07) is 9.19. The third-order valence-electron chi connectivity index (χ3n) is 2.37. The lowest BCUT2D eigenvalue weighted by Gasteiger charge is -2.17. The van der Waals surface area contributed by atoms with Crippen molar-refractivity contribution >= 4 is 35.1 Å². The van der Waals surface area contributed by atoms with E-state index >= 15 is 0 Å². The van der Waals surface area contributed by atoms with Crippen LogP contribution in [0, 0.1) is 0 Å². The second-order valence-corrected chi connectivity index (χ2v) is 4.91. The number of amides is 1. The zero-order chi connectivity index (χ0) is 14.3. The first-order valence-electron chi connectivity index (χ1n) is 5.85. The number of alkyl carbamates (subject to hydrolysis) is 1. The molecule has 6 heteroatoms. The molecule has 0 saturated heterocycles. The highest BCUT2D eigenvalue weighted by atomic mass is 35.5. The number of rotatable bonds is 6. The number of ketones is 1. The van der Waals surface area contributed by atoms with Gasteiger partial charge in [0, 0.05) is 13.0 Å². The average Bonchev–Trinajstić information content (AvgIpc) is 2.38. The number of benzene rings is 1. The molecule has 1 amide bonds. The first kappa shape index (κ1) is 15.8. The molecule has 0 aliphatic heterocycles. The lowest BCUT2D eigenvalue weighted by molar-refractivity contribution is -0.125. The Labute approximate surface area is 122 Å². The number of carbonyl (C=O) groups excluding carboxylic acids is 2. The molecule has 0 aromatic heterocycles. The van der Waals surface area contributed by atoms with Gasteiger partial charge in [-0.2, -0.15) is 0 Å². The van der Waals surface area contributed by atoms with Crippen LogP contribution < -0.4 is 5.32 Å². The topological polar surface area (TPSA) is 55.4 Å². The van der Waals surface area contributed by atoms with E-state index < -0.39 is 22.8 Å². The summed E-state index contributed by atoms with van der Waals surface area (Å²) in [5.74, 6) is -0.529. The molecule has 0 radical (unpaired) electrons. The van der Waals surface area contributed by atoms with E-state index in [9.17, 15) is 9.59 Å². The second kappa shape index (κ2) is 8.02. The normalized spacial score (nSPS) is 12.0. The van der Waals surface area contributed by atoms with E-state index in [1.165, 1.54) is 0 Å². The van der Waals surface area contributed by atoms with Crippen molar-refractivity contribution in [1.82, 2.24) is 5.32 Å². The molecule has 1 aromatic carbocycles. The standard InChI is InChI=1S/C13H15Cl2NO3/c1-2-16-13(18)19-10(11(17)12(14)15)8-9-6-4-3-5-7-9/h3-7,10,12H,2,8H2,1H3,(H,16,18)/t10-/m0/s1. The molecule has 0 aliphatic carbocycles. The van der Waals surface area contributed by atoms with Gasteiger partial charge in [-0.05, 0) is 12.5 Å². The second-order valence-electron chi connectivity index (χ2n) is 3.82. The monoisotopic (exact) mass is 303 g/mol. The van der Waals surface area contributed by atoms with Crippen LogP contribution in [0.4, 0.5) is 4.79 Å². The summed E-state index contributed by atoms with van der Waals surface area (Å²) in [6.45, 7) is 2.16. The number of Topliss-reactive ketones (excluding diaryl/α,β-unsaturated/α-hetero) is 1. The van der Waals surface area contributed by atoms with Gasteiger partial charge in [0.1, 0.15) is 0 Å². The Bertz CT molecular complexity index is 423. The first-order chi connectivity index (χ1) is 9.04. The summed E-state index contributed by atoms with van der Waals surface area (Å²) in [5.41, 5.74) is 0.860. The van der Waals surface area contributed by atoms with E-state index in [-0.39, 0.29) is 6.42 Å². The van der Waals surface area contributed by atoms with Gasteiger partial charge in [0.15, 0.2) is 10.9 Å². The summed E-state index contributed by atoms with van der Waals surface area (Å²) in [6.07, 6.45) is -1.41. The SMILES string of the molecule is CCNC(=O)O[C@@H](Cc1ccccc1)C(=O)C(Cl)Cl. The molecule has 0 heterocycles. The Morgan fingerprint density at radius 3 is 2.42 bits per heavy atom. The maximum atomic E-state index is 11.8. The van der Waals surface area contributed by atoms with Crippen LogP contribution in [0.15, 0.2) is 30.3 Å². The Kier molecular flexibility index (Phi) is 6.67. The minimum Gasteiger partial charge on any atom is -0.438 e. The molecule has 1 atom stereocenters. The van der Waals surface area contributed by atoms with Gasteiger partial charge < -0.3 is 10.1 Å². The van der Waals surface area contributed by atoms with Crippen LogP contribution in [0.25, 0.3) is 0 Å². The van der Waals surface area contributed by atoms with Crippen LogP contribution in [0.3, 0.4) is 0 Å². The maximum absolute atomic E-state index is 11.8. The van der Waals surface area contributed by atoms with E-state index in [1.54, 1.807) is 6.92 Å². The van der Waals surface area contributed by atoms with Crippen LogP contribution in [-0.2, 0) is 16.0 Å². The lowest BCUT2D eigenvalue weighted by Crippen LogP contribution is -2.37. The van der Waals surface area contributed by atoms with E-state index in [0.717, 1.165) is 5.56 Å². The van der Waals surface area contributed by atoms with Gasteiger partial charge in [0.2, 0.25) is 5.78 Å². The quantitative estimate of drug-likeness (QED) is 0.822. The molecule has 1 rings (SSSR count). The van der Waals surface area contributed by atoms with Crippen molar-refractivity contribution in [2.75, 3.05) is 6.54 Å². The van der Waals surface area contributed by atoms with Crippen LogP contribution in [0.5, 0.6) is 0 Å². The van der Waals surface area contributed by atoms with Gasteiger partial charge in [-0.1, -0.05) is 53.5 Å². The molecule has 4 nitrogen and oxygen atoms in total. The third kappa shape index (κ3) is 5.49. The highest BCUT2D eigenvalue weighted by Crippen LogP contribution is 2.14. The van der Waals surface area contributed by atoms with Gasteiger partial charge in [-0.15, -0.1) is 0 Å². The van der Waals surface area contributed by atoms with E-state index in [4.69, 9.17) is 27.9 Å². The van der Waals surface area contributed by atoms with Crippen LogP contribution >= 0.6 is 23.2 Å². The van der Waals surface area contributed by atoms with Crippen LogP contribution in [-0.4, -0.2) is 29.4 Å². The predicted octanol–water partition coefficient (Wildman–Crippen LogP) is 2.72. The van der Waals surface area contributed by atoms with E-state index in [2.05, 4.69) is 5.32 Å². The molecule has 0 aliphatic rings. The predicted molar refractivity (Wildman–Crippen MR) is 74.6 cm³/mol. The van der Waals surface area contributed by atoms with Crippen LogP contribution in [0.1, 0.15) is 12.5 Å². The minimum atomic E-state index is -1.22. The minimum absolute atomic E-state index is 0.243. The van der Waals surface area contributed by atoms with Crippen molar-refractivity contribution in [2.24, 2.45) is 0 Å². The number of alkyl halides is 2. The summed E-state index contributed by atoms with van der Waals surface area (Å²) in [5, 5.41) is 2.46. The maximum Gasteiger partial charge on any atom is 0.407 e. The molecule has 104 valence electrons. The number of hydrogen-bond donors (Lipinski definition) is 1. The van der Waals surface area contributed by atoms with Gasteiger partial charge >= 0.3 is 6.09 Å². The molecule has 0 fully saturated rings. The fraction of sp³-hybridized carbons (Fsp3) is 0.385. The van der Waals surface area contributed by atoms with Crippen molar-refractivity contribution in [3.63, 3.8) is 0 Å². The molecule has 0 bridgehead atoms. The Balaban J connectivity index is 2.75. The Morgan fingerprint density at radius 1 is 1.26 bits per heavy atom. The highest BCUT2D eigenvalue weighted by Gasteiger charge is 2.27. The Morgan fingerprint density at radius 2 is 1.89 bits per heavy atom. The smallest absolute Gasteiger partial charge is 0.407 e. The molecule has 19 heavy (non-hydrogen) atoms. The summed E-state index contributed by atoms with van der Waals surface area (Å²) in [7, 11) is 0. The summed E-state index contributed by atoms with van der Waals surface area (Å²) in [4.78, 5) is 22.0. The van der Waals surface area contributed by atoms with Gasteiger partial charge in [-0.25, -0.2) is 4.79 Å². The van der Waals surface area contributed by atoms with Crippen molar-refractivity contribution in [2.45, 2.75) is 24.3 Å². The fourth-order valence-electron chi connectivity index (χ4n) is 1.48. The molecule has 0 unspecified atom stereocenters. The van der Waals surface area contributed by atoms with Crippen molar-refractivity contribution in [3.05, 3.63) is 35.9 Å². The zero-order valence-corrected chi connectivity index (χ0v) is 11.9. The molecule has 0 spiro atoms. The Hall–Kier alpha value is -1.26. The molecular weight excluding hydrogens is 289 g/mol. The number of ether oxygens (including phenoxy) is 1. The highest BCUT2D eigenvalue weighted by molar-refractivity contribution is 6.54.